The third-order valence-corrected chi connectivity index (χ3v) is 6.33. The quantitative estimate of drug-likeness (QED) is 0.425. The van der Waals surface area contributed by atoms with Gasteiger partial charge in [-0.25, -0.2) is 9.07 Å². The van der Waals surface area contributed by atoms with Crippen LogP contribution in [0.25, 0.3) is 5.69 Å². The normalized spacial score (nSPS) is 16.5. The summed E-state index contributed by atoms with van der Waals surface area (Å²) in [6.07, 6.45) is 4.88. The highest BCUT2D eigenvalue weighted by Crippen LogP contribution is 2.24. The molecule has 1 fully saturated rings. The van der Waals surface area contributed by atoms with E-state index in [0.29, 0.717) is 12.1 Å². The maximum absolute atomic E-state index is 13.1. The molecule has 0 spiro atoms. The van der Waals surface area contributed by atoms with Crippen molar-refractivity contribution in [1.29, 1.82) is 0 Å². The molecule has 1 atom stereocenters. The largest absolute Gasteiger partial charge is 0.356 e. The Kier molecular flexibility index (Phi) is 7.73. The number of aliphatic imine (C=N–C) groups is 1. The lowest BCUT2D eigenvalue weighted by molar-refractivity contribution is 0.158. The van der Waals surface area contributed by atoms with Crippen LogP contribution < -0.4 is 10.6 Å². The van der Waals surface area contributed by atoms with Crippen molar-refractivity contribution in [2.45, 2.75) is 38.3 Å². The second-order valence-electron chi connectivity index (χ2n) is 8.52. The van der Waals surface area contributed by atoms with Crippen LogP contribution in [0.4, 0.5) is 4.39 Å². The van der Waals surface area contributed by atoms with E-state index in [1.807, 2.05) is 19.3 Å². The zero-order chi connectivity index (χ0) is 23.0. The summed E-state index contributed by atoms with van der Waals surface area (Å²) in [6, 6.07) is 19.9. The van der Waals surface area contributed by atoms with Gasteiger partial charge in [0.15, 0.2) is 5.96 Å². The van der Waals surface area contributed by atoms with Crippen LogP contribution in [0.3, 0.4) is 0 Å². The van der Waals surface area contributed by atoms with Crippen molar-refractivity contribution < 1.29 is 4.39 Å². The molecular formula is C26H33FN6. The first-order valence-electron chi connectivity index (χ1n) is 11.7. The number of aromatic nitrogens is 2. The Morgan fingerprint density at radius 1 is 1.09 bits per heavy atom. The fourth-order valence-corrected chi connectivity index (χ4v) is 4.30. The van der Waals surface area contributed by atoms with E-state index in [-0.39, 0.29) is 5.82 Å². The number of nitrogens with one attached hydrogen (secondary N) is 2. The number of nitrogens with zero attached hydrogens (tertiary/aromatic N) is 4. The van der Waals surface area contributed by atoms with Gasteiger partial charge in [-0.15, -0.1) is 0 Å². The van der Waals surface area contributed by atoms with Gasteiger partial charge in [-0.1, -0.05) is 30.3 Å². The Morgan fingerprint density at radius 2 is 1.82 bits per heavy atom. The molecule has 33 heavy (non-hydrogen) atoms. The van der Waals surface area contributed by atoms with Gasteiger partial charge in [0.2, 0.25) is 0 Å². The van der Waals surface area contributed by atoms with Crippen LogP contribution >= 0.6 is 0 Å². The molecule has 2 aromatic carbocycles. The van der Waals surface area contributed by atoms with E-state index in [1.165, 1.54) is 17.7 Å². The second kappa shape index (κ2) is 11.1. The first-order valence-corrected chi connectivity index (χ1v) is 11.7. The van der Waals surface area contributed by atoms with Gasteiger partial charge >= 0.3 is 0 Å². The highest BCUT2D eigenvalue weighted by Gasteiger charge is 2.24. The number of hydrogen-bond acceptors (Lipinski definition) is 3. The van der Waals surface area contributed by atoms with Gasteiger partial charge in [0.1, 0.15) is 5.82 Å². The molecule has 4 rings (SSSR count). The van der Waals surface area contributed by atoms with Crippen molar-refractivity contribution >= 4 is 5.96 Å². The van der Waals surface area contributed by atoms with Crippen LogP contribution in [0.1, 0.15) is 37.1 Å². The number of hydrogen-bond donors (Lipinski definition) is 2. The summed E-state index contributed by atoms with van der Waals surface area (Å²) < 4.78 is 14.9. The summed E-state index contributed by atoms with van der Waals surface area (Å²) in [7, 11) is 1.81. The molecule has 7 heteroatoms. The number of guanidine groups is 1. The van der Waals surface area contributed by atoms with Crippen molar-refractivity contribution in [2.75, 3.05) is 26.7 Å². The molecule has 2 N–H and O–H groups in total. The first kappa shape index (κ1) is 23.0. The Morgan fingerprint density at radius 3 is 2.52 bits per heavy atom. The Hall–Kier alpha value is -3.19. The standard InChI is InChI=1S/C26H33FN6/c1-20(21-6-4-3-5-7-21)32-17-13-23(14-18-32)30-26(28-2)29-16-12-24-15-19-33(31-24)25-10-8-22(27)9-11-25/h3-11,15,19-20,23H,12-14,16-18H2,1-2H3,(H2,28,29,30). The maximum Gasteiger partial charge on any atom is 0.191 e. The Labute approximate surface area is 195 Å². The highest BCUT2D eigenvalue weighted by molar-refractivity contribution is 5.79. The molecule has 3 aromatic rings. The molecule has 174 valence electrons. The number of benzene rings is 2. The molecule has 0 aliphatic carbocycles. The van der Waals surface area contributed by atoms with E-state index in [9.17, 15) is 4.39 Å². The van der Waals surface area contributed by atoms with Gasteiger partial charge in [-0.05, 0) is 55.7 Å². The zero-order valence-corrected chi connectivity index (χ0v) is 19.4. The predicted molar refractivity (Wildman–Crippen MR) is 131 cm³/mol. The molecule has 6 nitrogen and oxygen atoms in total. The molecule has 1 aliphatic rings. The molecule has 1 saturated heterocycles. The summed E-state index contributed by atoms with van der Waals surface area (Å²) >= 11 is 0. The molecule has 2 heterocycles. The zero-order valence-electron chi connectivity index (χ0n) is 19.4. The minimum absolute atomic E-state index is 0.245. The summed E-state index contributed by atoms with van der Waals surface area (Å²) in [5, 5.41) is 11.6. The third kappa shape index (κ3) is 6.20. The first-order chi connectivity index (χ1) is 16.1. The van der Waals surface area contributed by atoms with E-state index in [2.05, 4.69) is 62.9 Å². The SMILES string of the molecule is CN=C(NCCc1ccn(-c2ccc(F)cc2)n1)NC1CCN(C(C)c2ccccc2)CC1. The number of rotatable bonds is 7. The van der Waals surface area contributed by atoms with Crippen LogP contribution in [-0.2, 0) is 6.42 Å². The number of halogens is 1. The summed E-state index contributed by atoms with van der Waals surface area (Å²) in [4.78, 5) is 6.95. The van der Waals surface area contributed by atoms with Crippen molar-refractivity contribution in [3.8, 4) is 5.69 Å². The third-order valence-electron chi connectivity index (χ3n) is 6.33. The summed E-state index contributed by atoms with van der Waals surface area (Å²) in [6.45, 7) is 5.18. The van der Waals surface area contributed by atoms with Gasteiger partial charge in [0.05, 0.1) is 11.4 Å². The van der Waals surface area contributed by atoms with Crippen molar-refractivity contribution in [2.24, 2.45) is 4.99 Å². The van der Waals surface area contributed by atoms with Gasteiger partial charge in [0.25, 0.3) is 0 Å². The Bertz CT molecular complexity index is 1020. The lowest BCUT2D eigenvalue weighted by atomic mass is 10.0. The van der Waals surface area contributed by atoms with E-state index in [1.54, 1.807) is 16.8 Å². The van der Waals surface area contributed by atoms with Gasteiger partial charge < -0.3 is 10.6 Å². The number of likely N-dealkylation sites (tertiary alicyclic amines) is 1. The van der Waals surface area contributed by atoms with Gasteiger partial charge in [-0.3, -0.25) is 9.89 Å². The molecule has 1 unspecified atom stereocenters. The summed E-state index contributed by atoms with van der Waals surface area (Å²) in [5.41, 5.74) is 3.20. The predicted octanol–water partition coefficient (Wildman–Crippen LogP) is 3.94. The van der Waals surface area contributed by atoms with Gasteiger partial charge in [0, 0.05) is 51.4 Å². The van der Waals surface area contributed by atoms with E-state index < -0.39 is 0 Å². The minimum Gasteiger partial charge on any atom is -0.356 e. The highest BCUT2D eigenvalue weighted by atomic mass is 19.1. The van der Waals surface area contributed by atoms with Crippen LogP contribution in [0.15, 0.2) is 71.9 Å². The maximum atomic E-state index is 13.1. The molecule has 0 radical (unpaired) electrons. The molecule has 0 amide bonds. The van der Waals surface area contributed by atoms with Gasteiger partial charge in [-0.2, -0.15) is 5.10 Å². The molecule has 1 aliphatic heterocycles. The van der Waals surface area contributed by atoms with E-state index in [4.69, 9.17) is 0 Å². The van der Waals surface area contributed by atoms with Crippen LogP contribution in [0.5, 0.6) is 0 Å². The molecular weight excluding hydrogens is 415 g/mol. The van der Waals surface area contributed by atoms with Crippen LogP contribution in [-0.4, -0.2) is 53.4 Å². The molecule has 0 bridgehead atoms. The number of piperidine rings is 1. The monoisotopic (exact) mass is 448 g/mol. The second-order valence-corrected chi connectivity index (χ2v) is 8.52. The fourth-order valence-electron chi connectivity index (χ4n) is 4.30. The van der Waals surface area contributed by atoms with Crippen molar-refractivity contribution in [1.82, 2.24) is 25.3 Å². The lowest BCUT2D eigenvalue weighted by Crippen LogP contribution is -2.49. The fraction of sp³-hybridized carbons (Fsp3) is 0.385. The minimum atomic E-state index is -0.245. The van der Waals surface area contributed by atoms with E-state index in [0.717, 1.165) is 56.2 Å². The smallest absolute Gasteiger partial charge is 0.191 e. The molecule has 1 aromatic heterocycles. The van der Waals surface area contributed by atoms with E-state index >= 15 is 0 Å². The molecule has 0 saturated carbocycles. The Balaban J connectivity index is 1.20. The van der Waals surface area contributed by atoms with Crippen molar-refractivity contribution in [3.63, 3.8) is 0 Å². The van der Waals surface area contributed by atoms with Crippen LogP contribution in [0.2, 0.25) is 0 Å². The van der Waals surface area contributed by atoms with Crippen LogP contribution in [0, 0.1) is 5.82 Å². The topological polar surface area (TPSA) is 57.5 Å². The average Bonchev–Trinajstić information content (AvgIpc) is 3.33. The summed E-state index contributed by atoms with van der Waals surface area (Å²) in [5.74, 6) is 0.591. The van der Waals surface area contributed by atoms with Crippen molar-refractivity contribution in [3.05, 3.63) is 83.9 Å². The lowest BCUT2D eigenvalue weighted by Gasteiger charge is -2.37. The average molecular weight is 449 g/mol.